The van der Waals surface area contributed by atoms with E-state index in [0.717, 1.165) is 17.8 Å². The van der Waals surface area contributed by atoms with Crippen LogP contribution in [0.5, 0.6) is 0 Å². The Morgan fingerprint density at radius 1 is 1.04 bits per heavy atom. The second-order valence-electron chi connectivity index (χ2n) is 6.27. The zero-order chi connectivity index (χ0) is 17.2. The van der Waals surface area contributed by atoms with Crippen LogP contribution in [0.25, 0.3) is 0 Å². The van der Waals surface area contributed by atoms with Crippen LogP contribution in [0.2, 0.25) is 0 Å². The molecule has 0 bridgehead atoms. The molecular formula is C21H19N3O. The van der Waals surface area contributed by atoms with Crippen LogP contribution in [0.3, 0.4) is 0 Å². The first-order valence-corrected chi connectivity index (χ1v) is 8.42. The molecule has 0 spiro atoms. The van der Waals surface area contributed by atoms with Crippen molar-refractivity contribution in [1.29, 1.82) is 0 Å². The molecule has 1 aromatic heterocycles. The minimum absolute atomic E-state index is 0.201. The minimum Gasteiger partial charge on any atom is -0.337 e. The Bertz CT molecular complexity index is 891. The molecular weight excluding hydrogens is 310 g/mol. The van der Waals surface area contributed by atoms with Crippen LogP contribution in [-0.2, 0) is 6.42 Å². The molecule has 1 aliphatic rings. The van der Waals surface area contributed by atoms with E-state index in [4.69, 9.17) is 0 Å². The average molecular weight is 329 g/mol. The van der Waals surface area contributed by atoms with Crippen molar-refractivity contribution in [3.8, 4) is 0 Å². The predicted molar refractivity (Wildman–Crippen MR) is 100 cm³/mol. The van der Waals surface area contributed by atoms with Gasteiger partial charge in [0.2, 0.25) is 0 Å². The second kappa shape index (κ2) is 6.40. The summed E-state index contributed by atoms with van der Waals surface area (Å²) in [5.41, 5.74) is 4.75. The lowest BCUT2D eigenvalue weighted by atomic mass is 10.1. The van der Waals surface area contributed by atoms with Gasteiger partial charge in [-0.05, 0) is 49.2 Å². The molecule has 1 amide bonds. The third kappa shape index (κ3) is 2.98. The molecule has 4 rings (SSSR count). The van der Waals surface area contributed by atoms with Gasteiger partial charge in [-0.25, -0.2) is 4.98 Å². The van der Waals surface area contributed by atoms with Crippen molar-refractivity contribution in [3.63, 3.8) is 0 Å². The average Bonchev–Trinajstić information content (AvgIpc) is 2.98. The summed E-state index contributed by atoms with van der Waals surface area (Å²) in [6, 6.07) is 22.0. The number of hydrogen-bond acceptors (Lipinski definition) is 3. The Balaban J connectivity index is 1.55. The smallest absolute Gasteiger partial charge is 0.274 e. The molecule has 0 radical (unpaired) electrons. The number of hydrogen-bond donors (Lipinski definition) is 1. The Labute approximate surface area is 147 Å². The third-order valence-corrected chi connectivity index (χ3v) is 4.50. The summed E-state index contributed by atoms with van der Waals surface area (Å²) >= 11 is 0. The van der Waals surface area contributed by atoms with Crippen LogP contribution >= 0.6 is 0 Å². The normalized spacial score (nSPS) is 15.7. The van der Waals surface area contributed by atoms with Gasteiger partial charge in [0.15, 0.2) is 0 Å². The first-order valence-electron chi connectivity index (χ1n) is 8.42. The van der Waals surface area contributed by atoms with E-state index in [1.165, 1.54) is 11.3 Å². The zero-order valence-electron chi connectivity index (χ0n) is 14.0. The molecule has 4 nitrogen and oxygen atoms in total. The Morgan fingerprint density at radius 2 is 1.80 bits per heavy atom. The van der Waals surface area contributed by atoms with E-state index >= 15 is 0 Å². The predicted octanol–water partition coefficient (Wildman–Crippen LogP) is 4.42. The summed E-state index contributed by atoms with van der Waals surface area (Å²) in [4.78, 5) is 19.0. The highest BCUT2D eigenvalue weighted by Gasteiger charge is 2.27. The van der Waals surface area contributed by atoms with Crippen molar-refractivity contribution < 1.29 is 4.79 Å². The van der Waals surface area contributed by atoms with Crippen molar-refractivity contribution in [2.45, 2.75) is 19.4 Å². The summed E-state index contributed by atoms with van der Waals surface area (Å²) in [5.74, 6) is -0.201. The molecule has 0 saturated heterocycles. The van der Waals surface area contributed by atoms with Crippen LogP contribution in [0.4, 0.5) is 17.1 Å². The van der Waals surface area contributed by atoms with Gasteiger partial charge in [0, 0.05) is 17.4 Å². The fourth-order valence-corrected chi connectivity index (χ4v) is 3.34. The maximum atomic E-state index is 12.3. The van der Waals surface area contributed by atoms with E-state index in [-0.39, 0.29) is 5.91 Å². The van der Waals surface area contributed by atoms with Gasteiger partial charge in [-0.3, -0.25) is 4.79 Å². The summed E-state index contributed by atoms with van der Waals surface area (Å²) in [6.45, 7) is 2.20. The van der Waals surface area contributed by atoms with Crippen molar-refractivity contribution in [2.24, 2.45) is 0 Å². The maximum Gasteiger partial charge on any atom is 0.274 e. The van der Waals surface area contributed by atoms with E-state index in [1.807, 2.05) is 36.4 Å². The molecule has 1 N–H and O–H groups in total. The minimum atomic E-state index is -0.201. The SMILES string of the molecule is CC1Cc2ccccc2N1c1ccc(C(=O)Nc2ccccc2)nc1. The molecule has 2 heterocycles. The summed E-state index contributed by atoms with van der Waals surface area (Å²) < 4.78 is 0. The number of fused-ring (bicyclic) bond motifs is 1. The second-order valence-corrected chi connectivity index (χ2v) is 6.27. The lowest BCUT2D eigenvalue weighted by Crippen LogP contribution is -2.24. The van der Waals surface area contributed by atoms with Crippen molar-refractivity contribution in [2.75, 3.05) is 10.2 Å². The number of rotatable bonds is 3. The van der Waals surface area contributed by atoms with Gasteiger partial charge in [-0.1, -0.05) is 36.4 Å². The lowest BCUT2D eigenvalue weighted by molar-refractivity contribution is 0.102. The van der Waals surface area contributed by atoms with Gasteiger partial charge >= 0.3 is 0 Å². The molecule has 25 heavy (non-hydrogen) atoms. The fraction of sp³-hybridized carbons (Fsp3) is 0.143. The van der Waals surface area contributed by atoms with Crippen LogP contribution < -0.4 is 10.2 Å². The van der Waals surface area contributed by atoms with Gasteiger partial charge in [-0.2, -0.15) is 0 Å². The highest BCUT2D eigenvalue weighted by atomic mass is 16.1. The van der Waals surface area contributed by atoms with Gasteiger partial charge in [0.05, 0.1) is 11.9 Å². The number of benzene rings is 2. The van der Waals surface area contributed by atoms with E-state index in [1.54, 1.807) is 12.3 Å². The standard InChI is InChI=1S/C21H19N3O/c1-15-13-16-7-5-6-10-20(16)24(15)18-11-12-19(22-14-18)21(25)23-17-8-3-2-4-9-17/h2-12,14-15H,13H2,1H3,(H,23,25). The van der Waals surface area contributed by atoms with Crippen LogP contribution in [0, 0.1) is 0 Å². The molecule has 0 fully saturated rings. The first kappa shape index (κ1) is 15.4. The molecule has 2 aromatic carbocycles. The number of para-hydroxylation sites is 2. The fourth-order valence-electron chi connectivity index (χ4n) is 3.34. The molecule has 124 valence electrons. The Hall–Kier alpha value is -3.14. The van der Waals surface area contributed by atoms with Crippen LogP contribution in [0.1, 0.15) is 23.0 Å². The van der Waals surface area contributed by atoms with Crippen molar-refractivity contribution in [3.05, 3.63) is 84.2 Å². The van der Waals surface area contributed by atoms with E-state index in [0.29, 0.717) is 11.7 Å². The number of carbonyl (C=O) groups is 1. The number of pyridine rings is 1. The van der Waals surface area contributed by atoms with Gasteiger partial charge < -0.3 is 10.2 Å². The van der Waals surface area contributed by atoms with Crippen LogP contribution in [-0.4, -0.2) is 16.9 Å². The third-order valence-electron chi connectivity index (χ3n) is 4.50. The Kier molecular flexibility index (Phi) is 3.94. The molecule has 1 aliphatic heterocycles. The highest BCUT2D eigenvalue weighted by Crippen LogP contribution is 2.37. The largest absolute Gasteiger partial charge is 0.337 e. The molecule has 1 atom stereocenters. The van der Waals surface area contributed by atoms with Gasteiger partial charge in [0.1, 0.15) is 5.69 Å². The molecule has 3 aromatic rings. The molecule has 4 heteroatoms. The van der Waals surface area contributed by atoms with Gasteiger partial charge in [-0.15, -0.1) is 0 Å². The van der Waals surface area contributed by atoms with Crippen molar-refractivity contribution in [1.82, 2.24) is 4.98 Å². The number of carbonyl (C=O) groups excluding carboxylic acids is 1. The van der Waals surface area contributed by atoms with Crippen molar-refractivity contribution >= 4 is 23.0 Å². The number of aromatic nitrogens is 1. The number of anilines is 3. The van der Waals surface area contributed by atoms with E-state index in [9.17, 15) is 4.79 Å². The van der Waals surface area contributed by atoms with E-state index in [2.05, 4.69) is 46.4 Å². The zero-order valence-corrected chi connectivity index (χ0v) is 14.0. The monoisotopic (exact) mass is 329 g/mol. The number of amides is 1. The summed E-state index contributed by atoms with van der Waals surface area (Å²) in [6.07, 6.45) is 2.80. The van der Waals surface area contributed by atoms with Gasteiger partial charge in [0.25, 0.3) is 5.91 Å². The molecule has 0 aliphatic carbocycles. The number of nitrogens with one attached hydrogen (secondary N) is 1. The van der Waals surface area contributed by atoms with Crippen LogP contribution in [0.15, 0.2) is 72.9 Å². The summed E-state index contributed by atoms with van der Waals surface area (Å²) in [7, 11) is 0. The first-order chi connectivity index (χ1) is 12.2. The Morgan fingerprint density at radius 3 is 2.56 bits per heavy atom. The number of nitrogens with zero attached hydrogens (tertiary/aromatic N) is 2. The maximum absolute atomic E-state index is 12.3. The summed E-state index contributed by atoms with van der Waals surface area (Å²) in [5, 5.41) is 2.86. The lowest BCUT2D eigenvalue weighted by Gasteiger charge is -2.24. The molecule has 0 saturated carbocycles. The topological polar surface area (TPSA) is 45.2 Å². The highest BCUT2D eigenvalue weighted by molar-refractivity contribution is 6.03. The quantitative estimate of drug-likeness (QED) is 0.774. The van der Waals surface area contributed by atoms with E-state index < -0.39 is 0 Å². The molecule has 1 unspecified atom stereocenters.